The average Bonchev–Trinajstić information content (AvgIpc) is 2.96. The summed E-state index contributed by atoms with van der Waals surface area (Å²) in [5.74, 6) is 2.08. The van der Waals surface area contributed by atoms with Crippen LogP contribution in [0.5, 0.6) is 0 Å². The fourth-order valence-electron chi connectivity index (χ4n) is 2.77. The van der Waals surface area contributed by atoms with Crippen LogP contribution in [0.2, 0.25) is 0 Å². The first-order chi connectivity index (χ1) is 9.68. The third kappa shape index (κ3) is 3.85. The summed E-state index contributed by atoms with van der Waals surface area (Å²) < 4.78 is 10.3. The fourth-order valence-corrected chi connectivity index (χ4v) is 4.25. The van der Waals surface area contributed by atoms with Gasteiger partial charge in [-0.2, -0.15) is 11.8 Å². The number of amides is 1. The number of thioether (sulfide) groups is 1. The molecule has 0 aromatic heterocycles. The van der Waals surface area contributed by atoms with E-state index in [0.29, 0.717) is 6.54 Å². The second-order valence-corrected chi connectivity index (χ2v) is 6.51. The van der Waals surface area contributed by atoms with Crippen molar-refractivity contribution in [2.24, 2.45) is 5.73 Å². The molecule has 116 valence electrons. The standard InChI is InChI=1S/C13H25N3O3S/c1-18-8-11(14)12(17)15-9-13(2-7-20-10-13)16-3-5-19-6-4-16/h11H,2-10,14H2,1H3,(H,15,17). The summed E-state index contributed by atoms with van der Waals surface area (Å²) in [7, 11) is 1.55. The third-order valence-corrected chi connectivity index (χ3v) is 5.27. The Bertz CT molecular complexity index is 318. The van der Waals surface area contributed by atoms with Crippen LogP contribution in [-0.4, -0.2) is 80.5 Å². The number of rotatable bonds is 6. The van der Waals surface area contributed by atoms with Crippen LogP contribution in [0.4, 0.5) is 0 Å². The van der Waals surface area contributed by atoms with Crippen molar-refractivity contribution in [3.8, 4) is 0 Å². The van der Waals surface area contributed by atoms with E-state index in [4.69, 9.17) is 15.2 Å². The maximum atomic E-state index is 11.9. The Labute approximate surface area is 124 Å². The molecule has 20 heavy (non-hydrogen) atoms. The van der Waals surface area contributed by atoms with E-state index in [2.05, 4.69) is 10.2 Å². The van der Waals surface area contributed by atoms with Crippen LogP contribution in [0, 0.1) is 0 Å². The highest BCUT2D eigenvalue weighted by Crippen LogP contribution is 2.33. The molecule has 0 aliphatic carbocycles. The number of carbonyl (C=O) groups excluding carboxylic acids is 1. The van der Waals surface area contributed by atoms with Crippen molar-refractivity contribution in [1.29, 1.82) is 0 Å². The second kappa shape index (κ2) is 7.61. The van der Waals surface area contributed by atoms with Gasteiger partial charge in [0.2, 0.25) is 5.91 Å². The molecule has 1 amide bonds. The van der Waals surface area contributed by atoms with Gasteiger partial charge in [0.25, 0.3) is 0 Å². The van der Waals surface area contributed by atoms with Crippen LogP contribution in [0.3, 0.4) is 0 Å². The second-order valence-electron chi connectivity index (χ2n) is 5.41. The topological polar surface area (TPSA) is 76.8 Å². The van der Waals surface area contributed by atoms with Crippen molar-refractivity contribution >= 4 is 17.7 Å². The van der Waals surface area contributed by atoms with Crippen LogP contribution in [0.15, 0.2) is 0 Å². The zero-order chi connectivity index (χ0) is 14.4. The molecule has 0 radical (unpaired) electrons. The Hall–Kier alpha value is -0.340. The first kappa shape index (κ1) is 16.0. The van der Waals surface area contributed by atoms with Gasteiger partial charge in [0.1, 0.15) is 6.04 Å². The minimum atomic E-state index is -0.587. The van der Waals surface area contributed by atoms with E-state index in [1.807, 2.05) is 11.8 Å². The molecule has 0 bridgehead atoms. The summed E-state index contributed by atoms with van der Waals surface area (Å²) >= 11 is 1.96. The highest BCUT2D eigenvalue weighted by atomic mass is 32.2. The Morgan fingerprint density at radius 3 is 2.90 bits per heavy atom. The quantitative estimate of drug-likeness (QED) is 0.675. The lowest BCUT2D eigenvalue weighted by Crippen LogP contribution is -2.60. The van der Waals surface area contributed by atoms with Crippen molar-refractivity contribution in [3.63, 3.8) is 0 Å². The van der Waals surface area contributed by atoms with Gasteiger partial charge in [-0.1, -0.05) is 0 Å². The number of ether oxygens (including phenoxy) is 2. The molecule has 2 atom stereocenters. The summed E-state index contributed by atoms with van der Waals surface area (Å²) in [6.45, 7) is 4.37. The fraction of sp³-hybridized carbons (Fsp3) is 0.923. The first-order valence-electron chi connectivity index (χ1n) is 7.11. The lowest BCUT2D eigenvalue weighted by atomic mass is 9.95. The molecule has 0 spiro atoms. The van der Waals surface area contributed by atoms with Crippen molar-refractivity contribution in [2.75, 3.05) is 58.1 Å². The summed E-state index contributed by atoms with van der Waals surface area (Å²) in [4.78, 5) is 14.4. The number of nitrogens with two attached hydrogens (primary N) is 1. The molecule has 0 aromatic rings. The highest BCUT2D eigenvalue weighted by Gasteiger charge is 2.41. The van der Waals surface area contributed by atoms with Gasteiger partial charge in [0, 0.05) is 38.0 Å². The lowest BCUT2D eigenvalue weighted by Gasteiger charge is -2.43. The van der Waals surface area contributed by atoms with Crippen LogP contribution < -0.4 is 11.1 Å². The predicted octanol–water partition coefficient (Wildman–Crippen LogP) is -0.716. The van der Waals surface area contributed by atoms with Gasteiger partial charge in [-0.3, -0.25) is 9.69 Å². The van der Waals surface area contributed by atoms with E-state index in [-0.39, 0.29) is 18.1 Å². The van der Waals surface area contributed by atoms with E-state index in [0.717, 1.165) is 44.2 Å². The van der Waals surface area contributed by atoms with Crippen molar-refractivity contribution < 1.29 is 14.3 Å². The number of nitrogens with one attached hydrogen (secondary N) is 1. The van der Waals surface area contributed by atoms with E-state index in [1.165, 1.54) is 0 Å². The summed E-state index contributed by atoms with van der Waals surface area (Å²) in [5, 5.41) is 3.01. The molecule has 2 saturated heterocycles. The lowest BCUT2D eigenvalue weighted by molar-refractivity contribution is -0.124. The number of nitrogens with zero attached hydrogens (tertiary/aromatic N) is 1. The van der Waals surface area contributed by atoms with Crippen LogP contribution in [0.1, 0.15) is 6.42 Å². The summed E-state index contributed by atoms with van der Waals surface area (Å²) in [6.07, 6.45) is 1.11. The Morgan fingerprint density at radius 2 is 2.30 bits per heavy atom. The van der Waals surface area contributed by atoms with Gasteiger partial charge in [-0.15, -0.1) is 0 Å². The van der Waals surface area contributed by atoms with Crippen molar-refractivity contribution in [2.45, 2.75) is 18.0 Å². The largest absolute Gasteiger partial charge is 0.383 e. The molecule has 2 unspecified atom stereocenters. The Morgan fingerprint density at radius 1 is 1.55 bits per heavy atom. The number of hydrogen-bond acceptors (Lipinski definition) is 6. The molecular weight excluding hydrogens is 278 g/mol. The molecule has 2 heterocycles. The van der Waals surface area contributed by atoms with E-state index >= 15 is 0 Å². The number of methoxy groups -OCH3 is 1. The highest BCUT2D eigenvalue weighted by molar-refractivity contribution is 7.99. The van der Waals surface area contributed by atoms with E-state index < -0.39 is 6.04 Å². The van der Waals surface area contributed by atoms with Gasteiger partial charge in [-0.05, 0) is 12.2 Å². The molecule has 2 rings (SSSR count). The number of hydrogen-bond donors (Lipinski definition) is 2. The van der Waals surface area contributed by atoms with Crippen LogP contribution in [-0.2, 0) is 14.3 Å². The third-order valence-electron chi connectivity index (χ3n) is 4.04. The normalized spacial score (nSPS) is 29.3. The minimum absolute atomic E-state index is 0.0664. The Kier molecular flexibility index (Phi) is 6.10. The maximum Gasteiger partial charge on any atom is 0.239 e. The minimum Gasteiger partial charge on any atom is -0.383 e. The van der Waals surface area contributed by atoms with Crippen molar-refractivity contribution in [3.05, 3.63) is 0 Å². The zero-order valence-corrected chi connectivity index (χ0v) is 12.9. The Balaban J connectivity index is 1.90. The van der Waals surface area contributed by atoms with E-state index in [9.17, 15) is 4.79 Å². The smallest absolute Gasteiger partial charge is 0.239 e. The number of morpholine rings is 1. The summed E-state index contributed by atoms with van der Waals surface area (Å²) in [5.41, 5.74) is 5.82. The van der Waals surface area contributed by atoms with E-state index in [1.54, 1.807) is 7.11 Å². The van der Waals surface area contributed by atoms with Crippen LogP contribution in [0.25, 0.3) is 0 Å². The van der Waals surface area contributed by atoms with Gasteiger partial charge >= 0.3 is 0 Å². The van der Waals surface area contributed by atoms with Crippen LogP contribution >= 0.6 is 11.8 Å². The van der Waals surface area contributed by atoms with Gasteiger partial charge in [-0.25, -0.2) is 0 Å². The molecule has 2 aliphatic rings. The zero-order valence-electron chi connectivity index (χ0n) is 12.1. The summed E-state index contributed by atoms with van der Waals surface area (Å²) in [6, 6.07) is -0.587. The average molecular weight is 303 g/mol. The monoisotopic (exact) mass is 303 g/mol. The van der Waals surface area contributed by atoms with Crippen molar-refractivity contribution in [1.82, 2.24) is 10.2 Å². The molecule has 0 aromatic carbocycles. The van der Waals surface area contributed by atoms with Gasteiger partial charge in [0.15, 0.2) is 0 Å². The predicted molar refractivity (Wildman–Crippen MR) is 79.9 cm³/mol. The maximum absolute atomic E-state index is 11.9. The first-order valence-corrected chi connectivity index (χ1v) is 8.26. The van der Waals surface area contributed by atoms with Gasteiger partial charge < -0.3 is 20.5 Å². The SMILES string of the molecule is COCC(N)C(=O)NCC1(N2CCOCC2)CCSC1. The molecule has 0 saturated carbocycles. The molecule has 2 fully saturated rings. The van der Waals surface area contributed by atoms with Gasteiger partial charge in [0.05, 0.1) is 19.8 Å². The molecule has 7 heteroatoms. The number of carbonyl (C=O) groups is 1. The molecular formula is C13H25N3O3S. The molecule has 6 nitrogen and oxygen atoms in total. The molecule has 2 aliphatic heterocycles. The molecule has 3 N–H and O–H groups in total.